The molecular formula is C32H35N3O5. The molecule has 0 spiro atoms. The van der Waals surface area contributed by atoms with Crippen LogP contribution < -0.4 is 10.2 Å². The predicted molar refractivity (Wildman–Crippen MR) is 155 cm³/mol. The third-order valence-electron chi connectivity index (χ3n) is 6.82. The second-order valence-corrected chi connectivity index (χ2v) is 9.76. The molecule has 2 N–H and O–H groups in total. The van der Waals surface area contributed by atoms with Crippen LogP contribution in [0.3, 0.4) is 0 Å². The van der Waals surface area contributed by atoms with E-state index >= 15 is 0 Å². The van der Waals surface area contributed by atoms with Gasteiger partial charge in [0.05, 0.1) is 13.2 Å². The molecule has 1 aliphatic heterocycles. The van der Waals surface area contributed by atoms with Crippen molar-refractivity contribution < 1.29 is 24.2 Å². The van der Waals surface area contributed by atoms with Gasteiger partial charge in [0.1, 0.15) is 24.0 Å². The van der Waals surface area contributed by atoms with Gasteiger partial charge in [-0.1, -0.05) is 30.3 Å². The number of ether oxygens (including phenoxy) is 2. The molecule has 0 unspecified atom stereocenters. The monoisotopic (exact) mass is 541 g/mol. The average molecular weight is 542 g/mol. The first-order valence-corrected chi connectivity index (χ1v) is 13.7. The lowest BCUT2D eigenvalue weighted by Crippen LogP contribution is -2.29. The lowest BCUT2D eigenvalue weighted by molar-refractivity contribution is -0.145. The fourth-order valence-electron chi connectivity index (χ4n) is 4.64. The molecule has 40 heavy (non-hydrogen) atoms. The van der Waals surface area contributed by atoms with Crippen molar-refractivity contribution in [3.8, 4) is 11.8 Å². The molecule has 8 nitrogen and oxygen atoms in total. The second kappa shape index (κ2) is 14.7. The topological polar surface area (TPSA) is 112 Å². The van der Waals surface area contributed by atoms with Gasteiger partial charge in [0, 0.05) is 31.7 Å². The van der Waals surface area contributed by atoms with Crippen molar-refractivity contribution in [2.45, 2.75) is 32.1 Å². The van der Waals surface area contributed by atoms with Crippen molar-refractivity contribution in [2.24, 2.45) is 0 Å². The van der Waals surface area contributed by atoms with Crippen LogP contribution >= 0.6 is 0 Å². The number of carbonyl (C=O) groups excluding carboxylic acids is 2. The number of anilines is 1. The molecule has 0 radical (unpaired) electrons. The molecule has 1 amide bonds. The largest absolute Gasteiger partial charge is 0.508 e. The maximum Gasteiger partial charge on any atom is 0.306 e. The summed E-state index contributed by atoms with van der Waals surface area (Å²) in [5, 5.41) is 23.7. The average Bonchev–Trinajstić information content (AvgIpc) is 2.99. The molecule has 1 heterocycles. The summed E-state index contributed by atoms with van der Waals surface area (Å²) in [6.07, 6.45) is 6.11. The zero-order valence-electron chi connectivity index (χ0n) is 22.6. The van der Waals surface area contributed by atoms with Gasteiger partial charge in [-0.2, -0.15) is 5.26 Å². The van der Waals surface area contributed by atoms with Crippen LogP contribution in [0, 0.1) is 11.3 Å². The number of esters is 1. The van der Waals surface area contributed by atoms with Crippen molar-refractivity contribution in [1.29, 1.82) is 5.26 Å². The Bertz CT molecular complexity index is 1370. The van der Waals surface area contributed by atoms with Gasteiger partial charge in [0.2, 0.25) is 0 Å². The van der Waals surface area contributed by atoms with E-state index in [9.17, 15) is 20.0 Å². The second-order valence-electron chi connectivity index (χ2n) is 9.76. The number of phenolic OH excluding ortho intramolecular Hbond substituents is 1. The van der Waals surface area contributed by atoms with Crippen LogP contribution in [0.2, 0.25) is 0 Å². The highest BCUT2D eigenvalue weighted by Crippen LogP contribution is 2.26. The highest BCUT2D eigenvalue weighted by Gasteiger charge is 2.12. The van der Waals surface area contributed by atoms with E-state index in [1.807, 2.05) is 24.3 Å². The number of hydrogen-bond donors (Lipinski definition) is 2. The molecule has 208 valence electrons. The number of nitrogens with zero attached hydrogens (tertiary/aromatic N) is 2. The number of aromatic hydroxyl groups is 1. The fraction of sp³-hybridized carbons (Fsp3) is 0.344. The Labute approximate surface area is 234 Å². The summed E-state index contributed by atoms with van der Waals surface area (Å²) in [5.74, 6) is -0.608. The van der Waals surface area contributed by atoms with Crippen molar-refractivity contribution in [3.05, 3.63) is 77.4 Å². The van der Waals surface area contributed by atoms with Crippen LogP contribution in [-0.4, -0.2) is 56.4 Å². The molecule has 1 aliphatic rings. The van der Waals surface area contributed by atoms with E-state index in [4.69, 9.17) is 9.47 Å². The van der Waals surface area contributed by atoms with E-state index in [0.29, 0.717) is 6.42 Å². The number of rotatable bonds is 12. The quantitative estimate of drug-likeness (QED) is 0.147. The van der Waals surface area contributed by atoms with E-state index in [0.717, 1.165) is 35.0 Å². The summed E-state index contributed by atoms with van der Waals surface area (Å²) in [7, 11) is 0. The smallest absolute Gasteiger partial charge is 0.306 e. The molecule has 4 rings (SSSR count). The molecule has 0 saturated carbocycles. The number of nitrogens with one attached hydrogen (secondary N) is 1. The van der Waals surface area contributed by atoms with Crippen LogP contribution in [0.5, 0.6) is 5.75 Å². The van der Waals surface area contributed by atoms with Gasteiger partial charge in [0.25, 0.3) is 5.91 Å². The zero-order chi connectivity index (χ0) is 28.2. The number of benzene rings is 3. The molecule has 1 saturated heterocycles. The van der Waals surface area contributed by atoms with Crippen molar-refractivity contribution in [3.63, 3.8) is 0 Å². The van der Waals surface area contributed by atoms with Gasteiger partial charge in [-0.25, -0.2) is 0 Å². The minimum absolute atomic E-state index is 0.0202. The fourth-order valence-corrected chi connectivity index (χ4v) is 4.64. The van der Waals surface area contributed by atoms with E-state index in [1.54, 1.807) is 30.3 Å². The number of hydrogen-bond acceptors (Lipinski definition) is 7. The highest BCUT2D eigenvalue weighted by atomic mass is 16.6. The van der Waals surface area contributed by atoms with Crippen molar-refractivity contribution in [2.75, 3.05) is 44.4 Å². The zero-order valence-corrected chi connectivity index (χ0v) is 22.6. The summed E-state index contributed by atoms with van der Waals surface area (Å²) in [5.41, 5.74) is 2.98. The van der Waals surface area contributed by atoms with Crippen LogP contribution in [0.4, 0.5) is 5.69 Å². The summed E-state index contributed by atoms with van der Waals surface area (Å²) in [6, 6.07) is 21.0. The number of nitriles is 1. The maximum absolute atomic E-state index is 12.5. The predicted octanol–water partition coefficient (Wildman–Crippen LogP) is 4.75. The number of amides is 1. The van der Waals surface area contributed by atoms with Crippen molar-refractivity contribution >= 4 is 34.4 Å². The number of piperidine rings is 1. The number of phenols is 1. The normalized spacial score (nSPS) is 13.6. The SMILES string of the molecule is N#C/C(=C\c1ccc2cc(N3CCCCC3)ccc2c1)C(=O)NCCOCCOC(=O)CCc1ccc(O)cc1. The maximum atomic E-state index is 12.5. The van der Waals surface area contributed by atoms with Crippen LogP contribution in [0.1, 0.15) is 36.8 Å². The molecule has 1 fully saturated rings. The minimum atomic E-state index is -0.465. The highest BCUT2D eigenvalue weighted by molar-refractivity contribution is 6.02. The van der Waals surface area contributed by atoms with Gasteiger partial charge in [0.15, 0.2) is 0 Å². The molecule has 3 aromatic carbocycles. The number of aryl methyl sites for hydroxylation is 1. The Morgan fingerprint density at radius 1 is 0.950 bits per heavy atom. The Morgan fingerprint density at radius 3 is 2.48 bits per heavy atom. The van der Waals surface area contributed by atoms with Gasteiger partial charge in [-0.15, -0.1) is 0 Å². The minimum Gasteiger partial charge on any atom is -0.508 e. The van der Waals surface area contributed by atoms with Gasteiger partial charge >= 0.3 is 5.97 Å². The first-order chi connectivity index (χ1) is 19.5. The van der Waals surface area contributed by atoms with Crippen LogP contribution in [0.15, 0.2) is 66.2 Å². The van der Waals surface area contributed by atoms with Gasteiger partial charge in [-0.3, -0.25) is 9.59 Å². The number of fused-ring (bicyclic) bond motifs is 1. The standard InChI is InChI=1S/C32H35N3O5/c33-23-28(21-25-4-8-27-22-29(10-9-26(27)20-25)35-15-2-1-3-16-35)32(38)34-14-17-39-18-19-40-31(37)13-7-24-5-11-30(36)12-6-24/h4-6,8-12,20-22,36H,1-3,7,13-19H2,(H,34,38)/b28-21+. The molecule has 8 heteroatoms. The summed E-state index contributed by atoms with van der Waals surface area (Å²) in [6.45, 7) is 2.96. The Morgan fingerprint density at radius 2 is 1.70 bits per heavy atom. The molecular weight excluding hydrogens is 506 g/mol. The lowest BCUT2D eigenvalue weighted by atomic mass is 10.0. The molecule has 0 atom stereocenters. The first kappa shape index (κ1) is 28.7. The first-order valence-electron chi connectivity index (χ1n) is 13.7. The van der Waals surface area contributed by atoms with Crippen LogP contribution in [0.25, 0.3) is 16.8 Å². The molecule has 3 aromatic rings. The Hall–Kier alpha value is -4.35. The van der Waals surface area contributed by atoms with E-state index in [1.165, 1.54) is 24.9 Å². The third-order valence-corrected chi connectivity index (χ3v) is 6.82. The molecule has 0 aromatic heterocycles. The van der Waals surface area contributed by atoms with Crippen LogP contribution in [-0.2, 0) is 25.5 Å². The summed E-state index contributed by atoms with van der Waals surface area (Å²) < 4.78 is 10.6. The Kier molecular flexibility index (Phi) is 10.5. The summed E-state index contributed by atoms with van der Waals surface area (Å²) in [4.78, 5) is 26.8. The van der Waals surface area contributed by atoms with E-state index in [-0.39, 0.29) is 50.1 Å². The molecule has 0 bridgehead atoms. The van der Waals surface area contributed by atoms with E-state index in [2.05, 4.69) is 28.4 Å². The van der Waals surface area contributed by atoms with Gasteiger partial charge < -0.3 is 24.8 Å². The Balaban J connectivity index is 1.16. The van der Waals surface area contributed by atoms with Crippen molar-refractivity contribution in [1.82, 2.24) is 5.32 Å². The van der Waals surface area contributed by atoms with E-state index < -0.39 is 5.91 Å². The third kappa shape index (κ3) is 8.58. The molecule has 0 aliphatic carbocycles. The van der Waals surface area contributed by atoms with Gasteiger partial charge in [-0.05, 0) is 84.0 Å². The number of carbonyl (C=O) groups is 2. The lowest BCUT2D eigenvalue weighted by Gasteiger charge is -2.29. The summed E-state index contributed by atoms with van der Waals surface area (Å²) >= 11 is 0.